The van der Waals surface area contributed by atoms with Gasteiger partial charge >= 0.3 is 5.97 Å². The molecule has 2 aliphatic rings. The van der Waals surface area contributed by atoms with Crippen molar-refractivity contribution in [3.63, 3.8) is 0 Å². The van der Waals surface area contributed by atoms with Crippen molar-refractivity contribution in [2.75, 3.05) is 81.5 Å². The van der Waals surface area contributed by atoms with Crippen LogP contribution in [0.1, 0.15) is 67.7 Å². The first-order valence-electron chi connectivity index (χ1n) is 18.9. The molecule has 0 bridgehead atoms. The molecule has 3 aromatic rings. The number of carbonyl (C=O) groups is 2. The van der Waals surface area contributed by atoms with Crippen molar-refractivity contribution >= 4 is 11.9 Å². The fourth-order valence-electron chi connectivity index (χ4n) is 7.26. The second kappa shape index (κ2) is 20.1. The van der Waals surface area contributed by atoms with Crippen molar-refractivity contribution in [3.8, 4) is 34.5 Å². The maximum Gasteiger partial charge on any atom is 0.329 e. The van der Waals surface area contributed by atoms with Gasteiger partial charge in [0.1, 0.15) is 24.5 Å². The summed E-state index contributed by atoms with van der Waals surface area (Å²) in [5.41, 5.74) is 2.57. The average Bonchev–Trinajstić information content (AvgIpc) is 3.22. The highest BCUT2D eigenvalue weighted by Crippen LogP contribution is 2.41. The van der Waals surface area contributed by atoms with Crippen molar-refractivity contribution in [1.82, 2.24) is 9.80 Å². The Morgan fingerprint density at radius 3 is 2.19 bits per heavy atom. The predicted octanol–water partition coefficient (Wildman–Crippen LogP) is 6.23. The molecule has 0 radical (unpaired) electrons. The number of morpholine rings is 1. The molecule has 0 spiro atoms. The summed E-state index contributed by atoms with van der Waals surface area (Å²) in [6, 6.07) is 16.5. The lowest BCUT2D eigenvalue weighted by molar-refractivity contribution is -0.162. The van der Waals surface area contributed by atoms with Gasteiger partial charge in [0, 0.05) is 26.2 Å². The predicted molar refractivity (Wildman–Crippen MR) is 204 cm³/mol. The van der Waals surface area contributed by atoms with Crippen LogP contribution in [-0.2, 0) is 25.5 Å². The number of hydrogen-bond donors (Lipinski definition) is 0. The zero-order chi connectivity index (χ0) is 38.5. The van der Waals surface area contributed by atoms with Gasteiger partial charge in [-0.05, 0) is 91.6 Å². The summed E-state index contributed by atoms with van der Waals surface area (Å²) < 4.78 is 45.8. The van der Waals surface area contributed by atoms with Gasteiger partial charge in [-0.3, -0.25) is 9.69 Å². The number of esters is 1. The van der Waals surface area contributed by atoms with Gasteiger partial charge < -0.3 is 42.8 Å². The molecule has 5 rings (SSSR count). The number of aryl methyl sites for hydroxylation is 1. The number of hydrogen-bond acceptors (Lipinski definition) is 11. The molecule has 294 valence electrons. The van der Waals surface area contributed by atoms with Crippen molar-refractivity contribution in [1.29, 1.82) is 0 Å². The van der Waals surface area contributed by atoms with Crippen molar-refractivity contribution in [2.45, 2.75) is 63.5 Å². The molecular formula is C42H56N2O10. The summed E-state index contributed by atoms with van der Waals surface area (Å²) in [4.78, 5) is 32.7. The van der Waals surface area contributed by atoms with Gasteiger partial charge in [0.05, 0.1) is 54.7 Å². The van der Waals surface area contributed by atoms with Crippen LogP contribution in [0.2, 0.25) is 0 Å². The van der Waals surface area contributed by atoms with Crippen LogP contribution in [0.4, 0.5) is 0 Å². The largest absolute Gasteiger partial charge is 0.493 e. The highest BCUT2D eigenvalue weighted by molar-refractivity contribution is 5.89. The van der Waals surface area contributed by atoms with E-state index in [1.165, 1.54) is 0 Å². The first kappa shape index (κ1) is 40.5. The lowest BCUT2D eigenvalue weighted by Gasteiger charge is -2.37. The van der Waals surface area contributed by atoms with Crippen LogP contribution in [-0.4, -0.2) is 109 Å². The minimum absolute atomic E-state index is 0.133. The third-order valence-electron chi connectivity index (χ3n) is 10.3. The molecule has 12 heteroatoms. The topological polar surface area (TPSA) is 114 Å². The Kier molecular flexibility index (Phi) is 15.1. The summed E-state index contributed by atoms with van der Waals surface area (Å²) >= 11 is 0. The van der Waals surface area contributed by atoms with E-state index in [1.807, 2.05) is 61.5 Å². The number of ether oxygens (including phenoxy) is 8. The van der Waals surface area contributed by atoms with Gasteiger partial charge in [0.2, 0.25) is 11.7 Å². The van der Waals surface area contributed by atoms with Crippen molar-refractivity contribution in [2.24, 2.45) is 0 Å². The molecular weight excluding hydrogens is 692 g/mol. The smallest absolute Gasteiger partial charge is 0.329 e. The molecule has 0 aliphatic carbocycles. The molecule has 3 atom stereocenters. The molecule has 0 unspecified atom stereocenters. The molecule has 2 saturated heterocycles. The van der Waals surface area contributed by atoms with Crippen LogP contribution >= 0.6 is 0 Å². The van der Waals surface area contributed by atoms with Gasteiger partial charge in [-0.1, -0.05) is 25.1 Å². The van der Waals surface area contributed by atoms with Crippen LogP contribution in [0.5, 0.6) is 34.5 Å². The molecule has 0 N–H and O–H groups in total. The van der Waals surface area contributed by atoms with E-state index in [1.54, 1.807) is 40.4 Å². The van der Waals surface area contributed by atoms with E-state index in [-0.39, 0.29) is 5.91 Å². The molecule has 54 heavy (non-hydrogen) atoms. The standard InChI is InChI=1S/C42H56N2O10/c1-7-33(31-27-38(49-4)40(51-6)39(28-31)50-5)41(45)44-18-9-8-13-34(44)42(46)54-35(16-14-29-15-17-36(47-2)37(25-29)48-3)30-11-10-12-32(26-30)53-24-21-43-19-22-52-23-20-43/h10-12,15,17,25-28,33-35H,7-9,13-14,16,18-24H2,1-6H3/t33-,34+,35-/m0/s1. The first-order valence-corrected chi connectivity index (χ1v) is 18.9. The van der Waals surface area contributed by atoms with Crippen LogP contribution < -0.4 is 28.4 Å². The number of rotatable bonds is 18. The molecule has 12 nitrogen and oxygen atoms in total. The van der Waals surface area contributed by atoms with E-state index in [2.05, 4.69) is 4.90 Å². The quantitative estimate of drug-likeness (QED) is 0.138. The Labute approximate surface area is 319 Å². The van der Waals surface area contributed by atoms with Crippen LogP contribution in [0, 0.1) is 0 Å². The summed E-state index contributed by atoms with van der Waals surface area (Å²) in [5.74, 6) is 2.30. The highest BCUT2D eigenvalue weighted by Gasteiger charge is 2.38. The number of methoxy groups -OCH3 is 5. The molecule has 2 heterocycles. The molecule has 0 aromatic heterocycles. The first-order chi connectivity index (χ1) is 26.3. The monoisotopic (exact) mass is 748 g/mol. The average molecular weight is 749 g/mol. The lowest BCUT2D eigenvalue weighted by atomic mass is 9.91. The van der Waals surface area contributed by atoms with Gasteiger partial charge in [-0.25, -0.2) is 4.79 Å². The van der Waals surface area contributed by atoms with Gasteiger partial charge in [-0.15, -0.1) is 0 Å². The summed E-state index contributed by atoms with van der Waals surface area (Å²) in [6.07, 6.45) is 3.16. The van der Waals surface area contributed by atoms with Gasteiger partial charge in [0.15, 0.2) is 23.0 Å². The van der Waals surface area contributed by atoms with Gasteiger partial charge in [-0.2, -0.15) is 0 Å². The highest BCUT2D eigenvalue weighted by atomic mass is 16.5. The van der Waals surface area contributed by atoms with Gasteiger partial charge in [0.25, 0.3) is 0 Å². The SMILES string of the molecule is CC[C@H](C(=O)N1CCCC[C@@H]1C(=O)O[C@@H](CCc1ccc(OC)c(OC)c1)c1cccc(OCCN2CCOCC2)c1)c1cc(OC)c(OC)c(OC)c1. The molecule has 1 amide bonds. The van der Waals surface area contributed by atoms with Crippen molar-refractivity contribution in [3.05, 3.63) is 71.3 Å². The molecule has 0 saturated carbocycles. The van der Waals surface area contributed by atoms with E-state index in [4.69, 9.17) is 37.9 Å². The van der Waals surface area contributed by atoms with E-state index >= 15 is 0 Å². The Morgan fingerprint density at radius 2 is 1.52 bits per heavy atom. The van der Waals surface area contributed by atoms with Crippen molar-refractivity contribution < 1.29 is 47.5 Å². The Balaban J connectivity index is 1.37. The zero-order valence-electron chi connectivity index (χ0n) is 32.6. The fraction of sp³-hybridized carbons (Fsp3) is 0.524. The number of piperidine rings is 1. The Morgan fingerprint density at radius 1 is 0.796 bits per heavy atom. The maximum absolute atomic E-state index is 14.4. The number of nitrogens with zero attached hydrogens (tertiary/aromatic N) is 2. The van der Waals surface area contributed by atoms with Crippen LogP contribution in [0.3, 0.4) is 0 Å². The maximum atomic E-state index is 14.4. The number of benzene rings is 3. The Hall–Kier alpha value is -4.68. The minimum Gasteiger partial charge on any atom is -0.493 e. The third-order valence-corrected chi connectivity index (χ3v) is 10.3. The summed E-state index contributed by atoms with van der Waals surface area (Å²) in [5, 5.41) is 0. The second-order valence-electron chi connectivity index (χ2n) is 13.5. The van der Waals surface area contributed by atoms with Crippen LogP contribution in [0.25, 0.3) is 0 Å². The lowest BCUT2D eigenvalue weighted by Crippen LogP contribution is -2.50. The molecule has 3 aromatic carbocycles. The van der Waals surface area contributed by atoms with E-state index in [0.29, 0.717) is 73.3 Å². The molecule has 2 aliphatic heterocycles. The number of carbonyl (C=O) groups excluding carboxylic acids is 2. The van der Waals surface area contributed by atoms with E-state index in [9.17, 15) is 9.59 Å². The third kappa shape index (κ3) is 10.1. The minimum atomic E-state index is -0.723. The number of likely N-dealkylation sites (tertiary alicyclic amines) is 1. The van der Waals surface area contributed by atoms with E-state index in [0.717, 1.165) is 62.4 Å². The van der Waals surface area contributed by atoms with Crippen LogP contribution in [0.15, 0.2) is 54.6 Å². The van der Waals surface area contributed by atoms with E-state index < -0.39 is 24.0 Å². The summed E-state index contributed by atoms with van der Waals surface area (Å²) in [7, 11) is 7.86. The normalized spacial score (nSPS) is 17.2. The fourth-order valence-corrected chi connectivity index (χ4v) is 7.26. The number of amides is 1. The summed E-state index contributed by atoms with van der Waals surface area (Å²) in [6.45, 7) is 6.99. The molecule has 2 fully saturated rings. The zero-order valence-corrected chi connectivity index (χ0v) is 32.6. The second-order valence-corrected chi connectivity index (χ2v) is 13.5. The Bertz CT molecular complexity index is 1650.